The number of ether oxygens (including phenoxy) is 3. The van der Waals surface area contributed by atoms with Crippen molar-refractivity contribution < 1.29 is 14.2 Å². The maximum Gasteiger partial charge on any atom is 0.0701 e. The van der Waals surface area contributed by atoms with Gasteiger partial charge in [-0.2, -0.15) is 0 Å². The molecule has 0 heterocycles. The van der Waals surface area contributed by atoms with Gasteiger partial charge in [-0.3, -0.25) is 0 Å². The monoisotopic (exact) mass is 301 g/mol. The zero-order valence-electron chi connectivity index (χ0n) is 12.1. The summed E-state index contributed by atoms with van der Waals surface area (Å²) in [7, 11) is 1.66. The second-order valence-electron chi connectivity index (χ2n) is 4.28. The van der Waals surface area contributed by atoms with E-state index < -0.39 is 0 Å². The van der Waals surface area contributed by atoms with Gasteiger partial charge in [0, 0.05) is 25.2 Å². The molecular weight excluding hydrogens is 278 g/mol. The Kier molecular flexibility index (Phi) is 10.3. The van der Waals surface area contributed by atoms with Gasteiger partial charge in [-0.15, -0.1) is 11.6 Å². The van der Waals surface area contributed by atoms with Crippen molar-refractivity contribution in [2.75, 3.05) is 57.9 Å². The van der Waals surface area contributed by atoms with Crippen LogP contribution >= 0.6 is 11.6 Å². The predicted molar refractivity (Wildman–Crippen MR) is 82.9 cm³/mol. The number of aryl methyl sites for hydroxylation is 1. The van der Waals surface area contributed by atoms with Gasteiger partial charge < -0.3 is 19.5 Å². The van der Waals surface area contributed by atoms with Crippen molar-refractivity contribution in [2.24, 2.45) is 0 Å². The first-order valence-corrected chi connectivity index (χ1v) is 7.43. The first kappa shape index (κ1) is 17.2. The van der Waals surface area contributed by atoms with Gasteiger partial charge in [-0.25, -0.2) is 0 Å². The molecular formula is C15H24ClNO3. The number of benzene rings is 1. The molecule has 0 aliphatic rings. The fourth-order valence-electron chi connectivity index (χ4n) is 1.63. The van der Waals surface area contributed by atoms with Crippen LogP contribution in [0.3, 0.4) is 0 Å². The van der Waals surface area contributed by atoms with E-state index in [0.29, 0.717) is 38.9 Å². The van der Waals surface area contributed by atoms with E-state index in [4.69, 9.17) is 25.8 Å². The van der Waals surface area contributed by atoms with Crippen LogP contribution < -0.4 is 5.32 Å². The lowest BCUT2D eigenvalue weighted by Gasteiger charge is -2.08. The molecule has 4 nitrogen and oxygen atoms in total. The smallest absolute Gasteiger partial charge is 0.0701 e. The minimum Gasteiger partial charge on any atom is -0.383 e. The predicted octanol–water partition coefficient (Wildman–Crippen LogP) is 2.56. The molecule has 0 radical (unpaired) electrons. The third-order valence-electron chi connectivity index (χ3n) is 2.72. The summed E-state index contributed by atoms with van der Waals surface area (Å²) in [4.78, 5) is 0. The van der Waals surface area contributed by atoms with Crippen LogP contribution in [-0.4, -0.2) is 52.6 Å². The molecule has 20 heavy (non-hydrogen) atoms. The van der Waals surface area contributed by atoms with Gasteiger partial charge >= 0.3 is 0 Å². The lowest BCUT2D eigenvalue weighted by molar-refractivity contribution is 0.0272. The lowest BCUT2D eigenvalue weighted by atomic mass is 10.1. The normalized spacial score (nSPS) is 10.7. The zero-order chi connectivity index (χ0) is 14.5. The molecule has 1 N–H and O–H groups in total. The number of rotatable bonds is 12. The summed E-state index contributed by atoms with van der Waals surface area (Å²) in [5.41, 5.74) is 2.36. The molecule has 0 amide bonds. The second kappa shape index (κ2) is 12.0. The van der Waals surface area contributed by atoms with Crippen LogP contribution in [0.5, 0.6) is 0 Å². The van der Waals surface area contributed by atoms with Crippen LogP contribution in [-0.2, 0) is 20.6 Å². The third kappa shape index (κ3) is 8.38. The number of halogens is 1. The fraction of sp³-hybridized carbons (Fsp3) is 0.600. The summed E-state index contributed by atoms with van der Waals surface area (Å²) in [6.45, 7) is 3.91. The Morgan fingerprint density at radius 3 is 2.25 bits per heavy atom. The number of hydrogen-bond donors (Lipinski definition) is 1. The highest BCUT2D eigenvalue weighted by molar-refractivity contribution is 6.17. The van der Waals surface area contributed by atoms with Gasteiger partial charge in [-0.1, -0.05) is 12.1 Å². The van der Waals surface area contributed by atoms with Crippen molar-refractivity contribution in [1.82, 2.24) is 0 Å². The molecule has 0 unspecified atom stereocenters. The van der Waals surface area contributed by atoms with Gasteiger partial charge in [0.25, 0.3) is 0 Å². The highest BCUT2D eigenvalue weighted by Gasteiger charge is 1.95. The van der Waals surface area contributed by atoms with Crippen molar-refractivity contribution in [1.29, 1.82) is 0 Å². The quantitative estimate of drug-likeness (QED) is 0.476. The Morgan fingerprint density at radius 1 is 0.950 bits per heavy atom. The molecule has 0 saturated carbocycles. The third-order valence-corrected chi connectivity index (χ3v) is 2.91. The first-order chi connectivity index (χ1) is 9.86. The minimum absolute atomic E-state index is 0.608. The fourth-order valence-corrected chi connectivity index (χ4v) is 1.85. The van der Waals surface area contributed by atoms with E-state index >= 15 is 0 Å². The summed E-state index contributed by atoms with van der Waals surface area (Å²) in [5.74, 6) is 0.660. The Bertz CT molecular complexity index is 332. The molecule has 1 aromatic rings. The van der Waals surface area contributed by atoms with Crippen molar-refractivity contribution in [2.45, 2.75) is 6.42 Å². The van der Waals surface area contributed by atoms with Crippen LogP contribution in [0, 0.1) is 0 Å². The van der Waals surface area contributed by atoms with Gasteiger partial charge in [0.1, 0.15) is 0 Å². The number of methoxy groups -OCH3 is 1. The molecule has 0 spiro atoms. The van der Waals surface area contributed by atoms with Crippen LogP contribution in [0.25, 0.3) is 0 Å². The first-order valence-electron chi connectivity index (χ1n) is 6.90. The molecule has 0 fully saturated rings. The van der Waals surface area contributed by atoms with Gasteiger partial charge in [-0.05, 0) is 24.1 Å². The molecule has 0 aliphatic heterocycles. The molecule has 114 valence electrons. The van der Waals surface area contributed by atoms with Crippen LogP contribution in [0.4, 0.5) is 5.69 Å². The van der Waals surface area contributed by atoms with Crippen molar-refractivity contribution in [3.63, 3.8) is 0 Å². The standard InChI is InChI=1S/C15H24ClNO3/c1-18-10-11-20-13-12-19-9-8-17-15-4-2-14(3-5-15)6-7-16/h2-5,17H,6-13H2,1H3. The Labute approximate surface area is 126 Å². The largest absolute Gasteiger partial charge is 0.383 e. The average molecular weight is 302 g/mol. The molecule has 0 atom stereocenters. The summed E-state index contributed by atoms with van der Waals surface area (Å²) in [6, 6.07) is 8.32. The van der Waals surface area contributed by atoms with Gasteiger partial charge in [0.05, 0.1) is 33.0 Å². The molecule has 0 aromatic heterocycles. The molecule has 0 bridgehead atoms. The zero-order valence-corrected chi connectivity index (χ0v) is 12.8. The summed E-state index contributed by atoms with van der Waals surface area (Å²) >= 11 is 5.70. The van der Waals surface area contributed by atoms with E-state index in [2.05, 4.69) is 29.6 Å². The molecule has 1 aromatic carbocycles. The summed E-state index contributed by atoms with van der Waals surface area (Å²) in [6.07, 6.45) is 0.911. The van der Waals surface area contributed by atoms with E-state index in [1.54, 1.807) is 7.11 Å². The number of hydrogen-bond acceptors (Lipinski definition) is 4. The molecule has 0 aliphatic carbocycles. The van der Waals surface area contributed by atoms with E-state index in [0.717, 1.165) is 18.7 Å². The maximum absolute atomic E-state index is 5.70. The summed E-state index contributed by atoms with van der Waals surface area (Å²) < 4.78 is 15.6. The summed E-state index contributed by atoms with van der Waals surface area (Å²) in [5, 5.41) is 3.31. The Hall–Kier alpha value is -0.810. The average Bonchev–Trinajstić information content (AvgIpc) is 2.47. The van der Waals surface area contributed by atoms with E-state index in [1.165, 1.54) is 5.56 Å². The molecule has 5 heteroatoms. The topological polar surface area (TPSA) is 39.7 Å². The minimum atomic E-state index is 0.608. The highest BCUT2D eigenvalue weighted by Crippen LogP contribution is 2.10. The molecule has 0 saturated heterocycles. The Balaban J connectivity index is 1.98. The van der Waals surface area contributed by atoms with Crippen LogP contribution in [0.1, 0.15) is 5.56 Å². The second-order valence-corrected chi connectivity index (χ2v) is 4.66. The Morgan fingerprint density at radius 2 is 1.60 bits per heavy atom. The van der Waals surface area contributed by atoms with Crippen molar-refractivity contribution >= 4 is 17.3 Å². The maximum atomic E-state index is 5.70. The number of nitrogens with one attached hydrogen (secondary N) is 1. The highest BCUT2D eigenvalue weighted by atomic mass is 35.5. The van der Waals surface area contributed by atoms with Crippen LogP contribution in [0.2, 0.25) is 0 Å². The molecule has 1 rings (SSSR count). The number of anilines is 1. The van der Waals surface area contributed by atoms with E-state index in [-0.39, 0.29) is 0 Å². The van der Waals surface area contributed by atoms with Gasteiger partial charge in [0.15, 0.2) is 0 Å². The van der Waals surface area contributed by atoms with Gasteiger partial charge in [0.2, 0.25) is 0 Å². The lowest BCUT2D eigenvalue weighted by Crippen LogP contribution is -2.13. The SMILES string of the molecule is COCCOCCOCCNc1ccc(CCCl)cc1. The van der Waals surface area contributed by atoms with Crippen molar-refractivity contribution in [3.05, 3.63) is 29.8 Å². The van der Waals surface area contributed by atoms with E-state index in [9.17, 15) is 0 Å². The number of alkyl halides is 1. The van der Waals surface area contributed by atoms with Crippen molar-refractivity contribution in [3.8, 4) is 0 Å². The van der Waals surface area contributed by atoms with E-state index in [1.807, 2.05) is 0 Å². The van der Waals surface area contributed by atoms with Crippen LogP contribution in [0.15, 0.2) is 24.3 Å².